The lowest BCUT2D eigenvalue weighted by Crippen LogP contribution is -2.33. The van der Waals surface area contributed by atoms with E-state index in [1.807, 2.05) is 0 Å². The Bertz CT molecular complexity index is 632. The highest BCUT2D eigenvalue weighted by Crippen LogP contribution is 2.30. The van der Waals surface area contributed by atoms with Crippen molar-refractivity contribution in [1.82, 2.24) is 0 Å². The van der Waals surface area contributed by atoms with Gasteiger partial charge in [0.25, 0.3) is 5.69 Å². The van der Waals surface area contributed by atoms with E-state index in [0.717, 1.165) is 0 Å². The second-order valence-electron chi connectivity index (χ2n) is 5.03. The molecule has 1 fully saturated rings. The fourth-order valence-corrected chi connectivity index (χ4v) is 4.63. The van der Waals surface area contributed by atoms with Crippen molar-refractivity contribution in [1.29, 1.82) is 0 Å². The molecule has 1 heterocycles. The average molecular weight is 319 g/mol. The Hall–Kier alpha value is -1.18. The highest BCUT2D eigenvalue weighted by atomic mass is 35.5. The summed E-state index contributed by atoms with van der Waals surface area (Å²) in [5.74, 6) is 0.0125. The van der Waals surface area contributed by atoms with E-state index in [1.54, 1.807) is 6.07 Å². The zero-order chi connectivity index (χ0) is 14.9. The molecule has 2 rings (SSSR count). The fourth-order valence-electron chi connectivity index (χ4n) is 2.48. The summed E-state index contributed by atoms with van der Waals surface area (Å²) in [6.45, 7) is 0. The highest BCUT2D eigenvalue weighted by molar-refractivity contribution is 7.91. The normalized spacial score (nSPS) is 22.6. The second kappa shape index (κ2) is 5.67. The van der Waals surface area contributed by atoms with Crippen LogP contribution in [-0.4, -0.2) is 30.9 Å². The third kappa shape index (κ3) is 3.28. The van der Waals surface area contributed by atoms with Crippen LogP contribution in [0.15, 0.2) is 18.2 Å². The first-order chi connectivity index (χ1) is 9.30. The number of nitrogens with zero attached hydrogens (tertiary/aromatic N) is 1. The zero-order valence-corrected chi connectivity index (χ0v) is 12.2. The number of hydrogen-bond acceptors (Lipinski definition) is 5. The van der Waals surface area contributed by atoms with Gasteiger partial charge in [-0.15, -0.1) is 0 Å². The molecule has 1 aliphatic heterocycles. The predicted molar refractivity (Wildman–Crippen MR) is 76.5 cm³/mol. The summed E-state index contributed by atoms with van der Waals surface area (Å²) in [5.41, 5.74) is 6.32. The number of rotatable bonds is 4. The molecule has 0 amide bonds. The first kappa shape index (κ1) is 15.2. The van der Waals surface area contributed by atoms with Crippen molar-refractivity contribution in [3.8, 4) is 0 Å². The van der Waals surface area contributed by atoms with E-state index in [9.17, 15) is 18.5 Å². The lowest BCUT2D eigenvalue weighted by Gasteiger charge is -2.18. The van der Waals surface area contributed by atoms with Crippen molar-refractivity contribution in [2.45, 2.75) is 18.9 Å². The van der Waals surface area contributed by atoms with Crippen LogP contribution in [0.4, 0.5) is 5.69 Å². The van der Waals surface area contributed by atoms with Crippen molar-refractivity contribution in [3.63, 3.8) is 0 Å². The molecule has 0 aromatic heterocycles. The van der Waals surface area contributed by atoms with Crippen LogP contribution in [0.2, 0.25) is 5.02 Å². The third-order valence-electron chi connectivity index (χ3n) is 3.60. The van der Waals surface area contributed by atoms with E-state index in [4.69, 9.17) is 17.3 Å². The van der Waals surface area contributed by atoms with Gasteiger partial charge >= 0.3 is 0 Å². The Morgan fingerprint density at radius 3 is 2.75 bits per heavy atom. The Kier molecular flexibility index (Phi) is 4.31. The average Bonchev–Trinajstić information content (AvgIpc) is 2.72. The van der Waals surface area contributed by atoms with Crippen molar-refractivity contribution in [2.24, 2.45) is 11.7 Å². The minimum atomic E-state index is -3.02. The van der Waals surface area contributed by atoms with Crippen LogP contribution >= 0.6 is 11.6 Å². The standard InChI is InChI=1S/C12H15ClN2O4S/c13-10-2-1-3-12(15(16)17)9(10)6-11(14)8-4-5-20(18,19)7-8/h1-3,8,11H,4-7,14H2. The molecule has 0 aliphatic carbocycles. The molecule has 0 radical (unpaired) electrons. The number of nitro benzene ring substituents is 1. The van der Waals surface area contributed by atoms with Crippen LogP contribution in [0.3, 0.4) is 0 Å². The van der Waals surface area contributed by atoms with E-state index < -0.39 is 20.8 Å². The summed E-state index contributed by atoms with van der Waals surface area (Å²) in [4.78, 5) is 10.5. The van der Waals surface area contributed by atoms with Crippen molar-refractivity contribution in [3.05, 3.63) is 38.9 Å². The van der Waals surface area contributed by atoms with E-state index in [0.29, 0.717) is 12.0 Å². The van der Waals surface area contributed by atoms with Crippen LogP contribution in [-0.2, 0) is 16.3 Å². The number of sulfone groups is 1. The molecule has 0 spiro atoms. The molecular formula is C12H15ClN2O4S. The molecule has 2 atom stereocenters. The third-order valence-corrected chi connectivity index (χ3v) is 5.75. The van der Waals surface area contributed by atoms with Crippen LogP contribution in [0.25, 0.3) is 0 Å². The summed E-state index contributed by atoms with van der Waals surface area (Å²) >= 11 is 6.00. The molecule has 110 valence electrons. The maximum Gasteiger partial charge on any atom is 0.274 e. The molecule has 0 saturated carbocycles. The molecule has 0 bridgehead atoms. The predicted octanol–water partition coefficient (Wildman–Crippen LogP) is 1.55. The maximum atomic E-state index is 11.5. The van der Waals surface area contributed by atoms with Gasteiger partial charge in [-0.3, -0.25) is 10.1 Å². The summed E-state index contributed by atoms with van der Waals surface area (Å²) < 4.78 is 22.9. The fraction of sp³-hybridized carbons (Fsp3) is 0.500. The number of nitro groups is 1. The van der Waals surface area contributed by atoms with E-state index in [1.165, 1.54) is 12.1 Å². The molecule has 1 aromatic rings. The Morgan fingerprint density at radius 1 is 1.50 bits per heavy atom. The number of hydrogen-bond donors (Lipinski definition) is 1. The van der Waals surface area contributed by atoms with Gasteiger partial charge in [0.15, 0.2) is 9.84 Å². The van der Waals surface area contributed by atoms with Crippen molar-refractivity contribution >= 4 is 27.1 Å². The molecule has 1 aromatic carbocycles. The lowest BCUT2D eigenvalue weighted by atomic mass is 9.93. The van der Waals surface area contributed by atoms with E-state index >= 15 is 0 Å². The smallest absolute Gasteiger partial charge is 0.274 e. The van der Waals surface area contributed by atoms with Gasteiger partial charge in [-0.2, -0.15) is 0 Å². The van der Waals surface area contributed by atoms with E-state index in [2.05, 4.69) is 0 Å². The quantitative estimate of drug-likeness (QED) is 0.670. The molecule has 6 nitrogen and oxygen atoms in total. The summed E-state index contributed by atoms with van der Waals surface area (Å²) in [6.07, 6.45) is 0.706. The number of nitrogens with two attached hydrogens (primary N) is 1. The Balaban J connectivity index is 2.20. The monoisotopic (exact) mass is 318 g/mol. The van der Waals surface area contributed by atoms with Crippen LogP contribution in [0.5, 0.6) is 0 Å². The lowest BCUT2D eigenvalue weighted by molar-refractivity contribution is -0.385. The molecule has 1 saturated heterocycles. The summed E-state index contributed by atoms with van der Waals surface area (Å²) in [6, 6.07) is 4.00. The molecule has 2 unspecified atom stereocenters. The largest absolute Gasteiger partial charge is 0.327 e. The van der Waals surface area contributed by atoms with Gasteiger partial charge in [-0.25, -0.2) is 8.42 Å². The molecule has 8 heteroatoms. The molecule has 20 heavy (non-hydrogen) atoms. The van der Waals surface area contributed by atoms with E-state index in [-0.39, 0.29) is 34.6 Å². The molecule has 1 aliphatic rings. The van der Waals surface area contributed by atoms with Gasteiger partial charge < -0.3 is 5.73 Å². The summed E-state index contributed by atoms with van der Waals surface area (Å²) in [7, 11) is -3.02. The first-order valence-electron chi connectivity index (χ1n) is 6.18. The molecular weight excluding hydrogens is 304 g/mol. The number of halogens is 1. The second-order valence-corrected chi connectivity index (χ2v) is 7.66. The zero-order valence-electron chi connectivity index (χ0n) is 10.7. The van der Waals surface area contributed by atoms with Gasteiger partial charge in [0.05, 0.1) is 21.5 Å². The van der Waals surface area contributed by atoms with Gasteiger partial charge in [-0.05, 0) is 24.8 Å². The minimum Gasteiger partial charge on any atom is -0.327 e. The van der Waals surface area contributed by atoms with Gasteiger partial charge in [0.2, 0.25) is 0 Å². The highest BCUT2D eigenvalue weighted by Gasteiger charge is 2.33. The topological polar surface area (TPSA) is 103 Å². The van der Waals surface area contributed by atoms with Gasteiger partial charge in [0.1, 0.15) is 0 Å². The van der Waals surface area contributed by atoms with Gasteiger partial charge in [-0.1, -0.05) is 17.7 Å². The Labute approximate surface area is 122 Å². The van der Waals surface area contributed by atoms with Crippen LogP contribution in [0.1, 0.15) is 12.0 Å². The first-order valence-corrected chi connectivity index (χ1v) is 8.38. The van der Waals surface area contributed by atoms with Crippen molar-refractivity contribution < 1.29 is 13.3 Å². The molecule has 2 N–H and O–H groups in total. The summed E-state index contributed by atoms with van der Waals surface area (Å²) in [5, 5.41) is 11.3. The minimum absolute atomic E-state index is 0.0480. The number of benzene rings is 1. The maximum absolute atomic E-state index is 11.5. The van der Waals surface area contributed by atoms with Gasteiger partial charge in [0, 0.05) is 17.7 Å². The van der Waals surface area contributed by atoms with Crippen LogP contribution < -0.4 is 5.73 Å². The SMILES string of the molecule is NC(Cc1c(Cl)cccc1[N+](=O)[O-])C1CCS(=O)(=O)C1. The van der Waals surface area contributed by atoms with Crippen molar-refractivity contribution in [2.75, 3.05) is 11.5 Å². The Morgan fingerprint density at radius 2 is 2.20 bits per heavy atom. The van der Waals surface area contributed by atoms with Crippen LogP contribution in [0, 0.1) is 16.0 Å².